The van der Waals surface area contributed by atoms with E-state index in [1.165, 1.54) is 4.70 Å². The molecular formula is C16H18N4S. The minimum Gasteiger partial charge on any atom is -0.383 e. The highest BCUT2D eigenvalue weighted by atomic mass is 32.1. The Hall–Kier alpha value is -1.98. The van der Waals surface area contributed by atoms with E-state index in [1.54, 1.807) is 17.5 Å². The smallest absolute Gasteiger partial charge is 0.128 e. The first-order valence-electron chi connectivity index (χ1n) is 6.98. The summed E-state index contributed by atoms with van der Waals surface area (Å²) >= 11 is 1.70. The molecule has 1 atom stereocenters. The average molecular weight is 298 g/mol. The molecule has 0 radical (unpaired) electrons. The molecular weight excluding hydrogens is 280 g/mol. The molecule has 5 heteroatoms. The van der Waals surface area contributed by atoms with Crippen molar-refractivity contribution in [1.82, 2.24) is 15.3 Å². The van der Waals surface area contributed by atoms with Crippen molar-refractivity contribution in [2.24, 2.45) is 0 Å². The molecule has 3 aromatic rings. The van der Waals surface area contributed by atoms with Crippen LogP contribution in [-0.4, -0.2) is 16.5 Å². The summed E-state index contributed by atoms with van der Waals surface area (Å²) in [5.41, 5.74) is 10.4. The van der Waals surface area contributed by atoms with Crippen LogP contribution < -0.4 is 11.1 Å². The van der Waals surface area contributed by atoms with E-state index < -0.39 is 0 Å². The van der Waals surface area contributed by atoms with Gasteiger partial charge in [-0.3, -0.25) is 4.98 Å². The summed E-state index contributed by atoms with van der Waals surface area (Å²) in [5, 5.41) is 5.56. The van der Waals surface area contributed by atoms with Crippen LogP contribution in [0.5, 0.6) is 0 Å². The first-order chi connectivity index (χ1) is 10.2. The zero-order valence-electron chi connectivity index (χ0n) is 12.1. The van der Waals surface area contributed by atoms with Crippen LogP contribution in [-0.2, 0) is 0 Å². The van der Waals surface area contributed by atoms with Gasteiger partial charge in [-0.15, -0.1) is 11.3 Å². The Morgan fingerprint density at radius 1 is 1.33 bits per heavy atom. The quantitative estimate of drug-likeness (QED) is 0.776. The van der Waals surface area contributed by atoms with Gasteiger partial charge in [0.05, 0.1) is 16.3 Å². The van der Waals surface area contributed by atoms with Crippen molar-refractivity contribution in [3.05, 3.63) is 52.7 Å². The van der Waals surface area contributed by atoms with Crippen LogP contribution >= 0.6 is 11.3 Å². The Labute approximate surface area is 128 Å². The van der Waals surface area contributed by atoms with Gasteiger partial charge in [-0.25, -0.2) is 4.98 Å². The van der Waals surface area contributed by atoms with Gasteiger partial charge in [0.25, 0.3) is 0 Å². The van der Waals surface area contributed by atoms with E-state index in [0.717, 1.165) is 28.8 Å². The zero-order valence-corrected chi connectivity index (χ0v) is 12.9. The highest BCUT2D eigenvalue weighted by Gasteiger charge is 2.19. The lowest BCUT2D eigenvalue weighted by Gasteiger charge is -2.21. The largest absolute Gasteiger partial charge is 0.383 e. The third-order valence-electron chi connectivity index (χ3n) is 3.59. The lowest BCUT2D eigenvalue weighted by atomic mass is 9.96. The van der Waals surface area contributed by atoms with Crippen molar-refractivity contribution < 1.29 is 0 Å². The van der Waals surface area contributed by atoms with Crippen LogP contribution in [0.3, 0.4) is 0 Å². The number of aromatic nitrogens is 2. The molecule has 3 rings (SSSR count). The highest BCUT2D eigenvalue weighted by Crippen LogP contribution is 2.30. The topological polar surface area (TPSA) is 63.8 Å². The Morgan fingerprint density at radius 2 is 2.19 bits per heavy atom. The second kappa shape index (κ2) is 5.79. The van der Waals surface area contributed by atoms with Crippen LogP contribution in [0.1, 0.15) is 29.7 Å². The molecule has 108 valence electrons. The lowest BCUT2D eigenvalue weighted by Crippen LogP contribution is -2.24. The van der Waals surface area contributed by atoms with E-state index in [0.29, 0.717) is 5.82 Å². The van der Waals surface area contributed by atoms with Gasteiger partial charge in [0, 0.05) is 18.0 Å². The van der Waals surface area contributed by atoms with Crippen LogP contribution in [0, 0.1) is 6.92 Å². The second-order valence-electron chi connectivity index (χ2n) is 4.99. The number of rotatable bonds is 4. The normalized spacial score (nSPS) is 12.7. The van der Waals surface area contributed by atoms with Crippen LogP contribution in [0.4, 0.5) is 5.82 Å². The first kappa shape index (κ1) is 14.0. The maximum Gasteiger partial charge on any atom is 0.128 e. The summed E-state index contributed by atoms with van der Waals surface area (Å²) in [7, 11) is 0. The average Bonchev–Trinajstić information content (AvgIpc) is 2.93. The standard InChI is InChI=1S/C16H18N4S/c1-3-18-15(14-10(2)4-6-19-16(14)17)11-8-13-12(20-9-11)5-7-21-13/h4-9,15,18H,3H2,1-2H3,(H2,17,19). The van der Waals surface area contributed by atoms with Gasteiger partial charge in [0.2, 0.25) is 0 Å². The van der Waals surface area contributed by atoms with Crippen molar-refractivity contribution in [2.75, 3.05) is 12.3 Å². The first-order valence-corrected chi connectivity index (χ1v) is 7.86. The molecule has 1 unspecified atom stereocenters. The zero-order chi connectivity index (χ0) is 14.8. The van der Waals surface area contributed by atoms with E-state index in [4.69, 9.17) is 5.73 Å². The molecule has 0 aliphatic heterocycles. The van der Waals surface area contributed by atoms with Crippen LogP contribution in [0.25, 0.3) is 10.2 Å². The predicted octanol–water partition coefficient (Wildman–Crippen LogP) is 3.28. The fourth-order valence-corrected chi connectivity index (χ4v) is 3.37. The molecule has 0 bridgehead atoms. The van der Waals surface area contributed by atoms with Gasteiger partial charge in [-0.1, -0.05) is 6.92 Å². The fourth-order valence-electron chi connectivity index (χ4n) is 2.58. The summed E-state index contributed by atoms with van der Waals surface area (Å²) < 4.78 is 1.19. The maximum absolute atomic E-state index is 6.11. The molecule has 0 saturated heterocycles. The number of nitrogens with zero attached hydrogens (tertiary/aromatic N) is 2. The van der Waals surface area contributed by atoms with Crippen molar-refractivity contribution in [2.45, 2.75) is 19.9 Å². The van der Waals surface area contributed by atoms with E-state index in [9.17, 15) is 0 Å². The molecule has 0 fully saturated rings. The number of aryl methyl sites for hydroxylation is 1. The highest BCUT2D eigenvalue weighted by molar-refractivity contribution is 7.17. The minimum absolute atomic E-state index is 0.0164. The Morgan fingerprint density at radius 3 is 2.95 bits per heavy atom. The maximum atomic E-state index is 6.11. The number of pyridine rings is 2. The Bertz CT molecular complexity index is 746. The molecule has 21 heavy (non-hydrogen) atoms. The molecule has 0 amide bonds. The van der Waals surface area contributed by atoms with Crippen molar-refractivity contribution in [3.63, 3.8) is 0 Å². The summed E-state index contributed by atoms with van der Waals surface area (Å²) in [5.74, 6) is 0.576. The number of nitrogens with one attached hydrogen (secondary N) is 1. The summed E-state index contributed by atoms with van der Waals surface area (Å²) in [4.78, 5) is 8.78. The van der Waals surface area contributed by atoms with Crippen LogP contribution in [0.15, 0.2) is 36.0 Å². The van der Waals surface area contributed by atoms with Gasteiger partial charge >= 0.3 is 0 Å². The second-order valence-corrected chi connectivity index (χ2v) is 5.94. The predicted molar refractivity (Wildman–Crippen MR) is 88.5 cm³/mol. The minimum atomic E-state index is 0.0164. The Balaban J connectivity index is 2.12. The lowest BCUT2D eigenvalue weighted by molar-refractivity contribution is 0.626. The van der Waals surface area contributed by atoms with Gasteiger partial charge in [-0.2, -0.15) is 0 Å². The van der Waals surface area contributed by atoms with Crippen LogP contribution in [0.2, 0.25) is 0 Å². The van der Waals surface area contributed by atoms with Gasteiger partial charge in [0.1, 0.15) is 5.82 Å². The fraction of sp³-hybridized carbons (Fsp3) is 0.250. The van der Waals surface area contributed by atoms with Crippen molar-refractivity contribution in [3.8, 4) is 0 Å². The summed E-state index contributed by atoms with van der Waals surface area (Å²) in [6.07, 6.45) is 3.67. The van der Waals surface area contributed by atoms with Gasteiger partial charge in [0.15, 0.2) is 0 Å². The molecule has 0 spiro atoms. The van der Waals surface area contributed by atoms with Gasteiger partial charge in [-0.05, 0) is 48.2 Å². The van der Waals surface area contributed by atoms with E-state index in [1.807, 2.05) is 18.3 Å². The summed E-state index contributed by atoms with van der Waals surface area (Å²) in [6.45, 7) is 5.00. The molecule has 4 nitrogen and oxygen atoms in total. The molecule has 0 aromatic carbocycles. The SMILES string of the molecule is CCNC(c1cnc2ccsc2c1)c1c(C)ccnc1N. The number of hydrogen-bond donors (Lipinski definition) is 2. The van der Waals surface area contributed by atoms with Crippen molar-refractivity contribution >= 4 is 27.4 Å². The van der Waals surface area contributed by atoms with E-state index in [-0.39, 0.29) is 6.04 Å². The number of nitrogen functional groups attached to an aromatic ring is 1. The molecule has 3 N–H and O–H groups in total. The number of fused-ring (bicyclic) bond motifs is 1. The summed E-state index contributed by atoms with van der Waals surface area (Å²) in [6, 6.07) is 6.23. The Kier molecular flexibility index (Phi) is 3.86. The monoisotopic (exact) mass is 298 g/mol. The number of nitrogens with two attached hydrogens (primary N) is 1. The molecule has 3 heterocycles. The number of thiophene rings is 1. The van der Waals surface area contributed by atoms with E-state index in [2.05, 4.69) is 40.6 Å². The number of hydrogen-bond acceptors (Lipinski definition) is 5. The molecule has 3 aromatic heterocycles. The molecule has 0 saturated carbocycles. The number of anilines is 1. The van der Waals surface area contributed by atoms with E-state index >= 15 is 0 Å². The molecule has 0 aliphatic rings. The van der Waals surface area contributed by atoms with Crippen molar-refractivity contribution in [1.29, 1.82) is 0 Å². The molecule has 0 aliphatic carbocycles. The third kappa shape index (κ3) is 2.62. The van der Waals surface area contributed by atoms with Gasteiger partial charge < -0.3 is 11.1 Å². The third-order valence-corrected chi connectivity index (χ3v) is 4.45.